The van der Waals surface area contributed by atoms with E-state index in [0.29, 0.717) is 38.6 Å². The Kier molecular flexibility index (Phi) is 11.8. The molecule has 2 saturated heterocycles. The van der Waals surface area contributed by atoms with Crippen LogP contribution in [-0.4, -0.2) is 73.7 Å². The number of hydrogen-bond donors (Lipinski definition) is 2. The predicted octanol–water partition coefficient (Wildman–Crippen LogP) is 2.23. The third-order valence-electron chi connectivity index (χ3n) is 5.43. The van der Waals surface area contributed by atoms with Crippen LogP contribution < -0.4 is 11.1 Å². The second-order valence-corrected chi connectivity index (χ2v) is 8.33. The number of nitrogens with one attached hydrogen (secondary N) is 1. The zero-order chi connectivity index (χ0) is 19.6. The Morgan fingerprint density at radius 1 is 1.14 bits per heavy atom. The molecule has 2 aliphatic rings. The molecule has 2 fully saturated rings. The maximum atomic E-state index is 12.7. The zero-order valence-electron chi connectivity index (χ0n) is 17.5. The Labute approximate surface area is 176 Å². The van der Waals surface area contributed by atoms with Crippen molar-refractivity contribution in [2.24, 2.45) is 17.6 Å². The summed E-state index contributed by atoms with van der Waals surface area (Å²) in [4.78, 5) is 28.8. The van der Waals surface area contributed by atoms with E-state index in [2.05, 4.69) is 19.2 Å². The molecular weight excluding hydrogens is 380 g/mol. The summed E-state index contributed by atoms with van der Waals surface area (Å²) in [7, 11) is 0. The van der Waals surface area contributed by atoms with Crippen molar-refractivity contribution in [3.63, 3.8) is 0 Å². The lowest BCUT2D eigenvalue weighted by Crippen LogP contribution is -2.47. The summed E-state index contributed by atoms with van der Waals surface area (Å²) >= 11 is 0. The van der Waals surface area contributed by atoms with Crippen molar-refractivity contribution in [1.82, 2.24) is 15.1 Å². The van der Waals surface area contributed by atoms with Crippen LogP contribution in [0.15, 0.2) is 0 Å². The first-order valence-electron chi connectivity index (χ1n) is 10.6. The van der Waals surface area contributed by atoms with Crippen LogP contribution in [0.2, 0.25) is 0 Å². The van der Waals surface area contributed by atoms with Crippen molar-refractivity contribution in [3.8, 4) is 0 Å². The number of urea groups is 1. The largest absolute Gasteiger partial charge is 0.378 e. The fourth-order valence-electron chi connectivity index (χ4n) is 3.80. The van der Waals surface area contributed by atoms with Crippen molar-refractivity contribution in [1.29, 1.82) is 0 Å². The van der Waals surface area contributed by atoms with Crippen molar-refractivity contribution in [2.45, 2.75) is 58.5 Å². The van der Waals surface area contributed by atoms with Gasteiger partial charge in [0.1, 0.15) is 0 Å². The highest BCUT2D eigenvalue weighted by atomic mass is 35.5. The van der Waals surface area contributed by atoms with Gasteiger partial charge in [0.25, 0.3) is 0 Å². The van der Waals surface area contributed by atoms with E-state index in [1.807, 2.05) is 9.80 Å². The normalized spacial score (nSPS) is 20.8. The molecule has 0 aromatic heterocycles. The number of amides is 3. The number of carbonyl (C=O) groups excluding carboxylic acids is 2. The van der Waals surface area contributed by atoms with Gasteiger partial charge in [-0.1, -0.05) is 13.8 Å². The summed E-state index contributed by atoms with van der Waals surface area (Å²) in [6.45, 7) is 9.27. The van der Waals surface area contributed by atoms with Crippen molar-refractivity contribution in [2.75, 3.05) is 45.9 Å². The summed E-state index contributed by atoms with van der Waals surface area (Å²) in [5, 5.41) is 2.98. The quantitative estimate of drug-likeness (QED) is 0.591. The van der Waals surface area contributed by atoms with E-state index in [9.17, 15) is 9.59 Å². The van der Waals surface area contributed by atoms with Gasteiger partial charge < -0.3 is 25.6 Å². The van der Waals surface area contributed by atoms with Crippen LogP contribution >= 0.6 is 12.4 Å². The van der Waals surface area contributed by atoms with Gasteiger partial charge in [0, 0.05) is 45.8 Å². The molecule has 0 spiro atoms. The number of carbonyl (C=O) groups is 2. The van der Waals surface area contributed by atoms with Gasteiger partial charge >= 0.3 is 6.03 Å². The van der Waals surface area contributed by atoms with Gasteiger partial charge in [-0.15, -0.1) is 12.4 Å². The van der Waals surface area contributed by atoms with E-state index in [-0.39, 0.29) is 36.4 Å². The van der Waals surface area contributed by atoms with Gasteiger partial charge in [0.15, 0.2) is 0 Å². The summed E-state index contributed by atoms with van der Waals surface area (Å²) in [6.07, 6.45) is 5.52. The fraction of sp³-hybridized carbons (Fsp3) is 0.900. The van der Waals surface area contributed by atoms with E-state index >= 15 is 0 Å². The van der Waals surface area contributed by atoms with Crippen LogP contribution in [0, 0.1) is 11.8 Å². The summed E-state index contributed by atoms with van der Waals surface area (Å²) in [5.74, 6) is 0.942. The highest BCUT2D eigenvalue weighted by Gasteiger charge is 2.29. The Bertz CT molecular complexity index is 470. The van der Waals surface area contributed by atoms with E-state index < -0.39 is 0 Å². The molecule has 1 unspecified atom stereocenters. The number of hydrogen-bond acceptors (Lipinski definition) is 4. The monoisotopic (exact) mass is 418 g/mol. The van der Waals surface area contributed by atoms with Crippen LogP contribution in [0.25, 0.3) is 0 Å². The SMILES string of the molecule is CC(C)CNC(=O)N1CCCC(CC(=O)N2CCC(OCCCN)CC2)C1.Cl. The zero-order valence-corrected chi connectivity index (χ0v) is 18.3. The first-order valence-corrected chi connectivity index (χ1v) is 10.6. The number of nitrogens with two attached hydrogens (primary N) is 1. The van der Waals surface area contributed by atoms with Crippen molar-refractivity contribution >= 4 is 24.3 Å². The van der Waals surface area contributed by atoms with Crippen LogP contribution in [0.4, 0.5) is 4.79 Å². The molecule has 3 N–H and O–H groups in total. The minimum Gasteiger partial charge on any atom is -0.378 e. The lowest BCUT2D eigenvalue weighted by molar-refractivity contribution is -0.135. The maximum absolute atomic E-state index is 12.7. The van der Waals surface area contributed by atoms with Crippen molar-refractivity contribution in [3.05, 3.63) is 0 Å². The fourth-order valence-corrected chi connectivity index (χ4v) is 3.80. The minimum absolute atomic E-state index is 0. The van der Waals surface area contributed by atoms with E-state index in [1.54, 1.807) is 0 Å². The van der Waals surface area contributed by atoms with Gasteiger partial charge in [-0.3, -0.25) is 4.79 Å². The number of nitrogens with zero attached hydrogens (tertiary/aromatic N) is 2. The third-order valence-corrected chi connectivity index (χ3v) is 5.43. The molecular formula is C20H39ClN4O3. The molecule has 1 atom stereocenters. The Morgan fingerprint density at radius 2 is 1.86 bits per heavy atom. The maximum Gasteiger partial charge on any atom is 0.317 e. The smallest absolute Gasteiger partial charge is 0.317 e. The number of likely N-dealkylation sites (tertiary alicyclic amines) is 2. The number of piperidine rings is 2. The molecule has 2 rings (SSSR count). The molecule has 8 heteroatoms. The molecule has 0 bridgehead atoms. The van der Waals surface area contributed by atoms with Gasteiger partial charge in [0.05, 0.1) is 6.10 Å². The molecule has 2 heterocycles. The van der Waals surface area contributed by atoms with E-state index in [0.717, 1.165) is 51.7 Å². The third kappa shape index (κ3) is 8.53. The Morgan fingerprint density at radius 3 is 2.50 bits per heavy atom. The molecule has 0 radical (unpaired) electrons. The molecule has 0 aliphatic carbocycles. The van der Waals surface area contributed by atoms with Crippen LogP contribution in [-0.2, 0) is 9.53 Å². The van der Waals surface area contributed by atoms with Crippen LogP contribution in [0.5, 0.6) is 0 Å². The standard InChI is InChI=1S/C20H38N4O3.ClH/c1-16(2)14-22-20(26)24-9-3-5-17(15-24)13-19(25)23-10-6-18(7-11-23)27-12-4-8-21;/h16-18H,3-15,21H2,1-2H3,(H,22,26);1H. The Balaban J connectivity index is 0.00000392. The molecule has 28 heavy (non-hydrogen) atoms. The van der Waals surface area contributed by atoms with Gasteiger partial charge in [-0.05, 0) is 50.5 Å². The number of halogens is 1. The van der Waals surface area contributed by atoms with Crippen LogP contribution in [0.3, 0.4) is 0 Å². The topological polar surface area (TPSA) is 87.9 Å². The molecule has 0 aromatic rings. The number of rotatable bonds is 8. The van der Waals surface area contributed by atoms with Gasteiger partial charge in [0.2, 0.25) is 5.91 Å². The lowest BCUT2D eigenvalue weighted by atomic mass is 9.94. The first kappa shape index (κ1) is 25.0. The van der Waals surface area contributed by atoms with Crippen LogP contribution in [0.1, 0.15) is 52.4 Å². The summed E-state index contributed by atoms with van der Waals surface area (Å²) < 4.78 is 5.81. The summed E-state index contributed by atoms with van der Waals surface area (Å²) in [5.41, 5.74) is 5.49. The van der Waals surface area contributed by atoms with E-state index in [4.69, 9.17) is 10.5 Å². The average molecular weight is 419 g/mol. The molecule has 164 valence electrons. The summed E-state index contributed by atoms with van der Waals surface area (Å²) in [6, 6.07) is 0.0105. The van der Waals surface area contributed by atoms with Gasteiger partial charge in [-0.2, -0.15) is 0 Å². The molecule has 7 nitrogen and oxygen atoms in total. The minimum atomic E-state index is 0. The highest BCUT2D eigenvalue weighted by molar-refractivity contribution is 5.85. The Hall–Kier alpha value is -1.05. The molecule has 3 amide bonds. The second kappa shape index (κ2) is 13.2. The number of ether oxygens (including phenoxy) is 1. The lowest BCUT2D eigenvalue weighted by Gasteiger charge is -2.35. The predicted molar refractivity (Wildman–Crippen MR) is 114 cm³/mol. The van der Waals surface area contributed by atoms with Gasteiger partial charge in [-0.25, -0.2) is 4.79 Å². The van der Waals surface area contributed by atoms with E-state index in [1.165, 1.54) is 0 Å². The molecule has 0 saturated carbocycles. The second-order valence-electron chi connectivity index (χ2n) is 8.33. The highest BCUT2D eigenvalue weighted by Crippen LogP contribution is 2.22. The molecule has 0 aromatic carbocycles. The first-order chi connectivity index (χ1) is 13.0. The van der Waals surface area contributed by atoms with Crippen molar-refractivity contribution < 1.29 is 14.3 Å². The molecule has 2 aliphatic heterocycles. The average Bonchev–Trinajstić information content (AvgIpc) is 2.67.